The maximum absolute atomic E-state index is 11.6. The van der Waals surface area contributed by atoms with Crippen LogP contribution < -0.4 is 11.1 Å². The number of pyridine rings is 1. The van der Waals surface area contributed by atoms with Crippen LogP contribution in [0.1, 0.15) is 18.5 Å². The van der Waals surface area contributed by atoms with Crippen molar-refractivity contribution in [2.75, 3.05) is 6.26 Å². The van der Waals surface area contributed by atoms with Crippen molar-refractivity contribution in [2.24, 2.45) is 10.7 Å². The van der Waals surface area contributed by atoms with E-state index in [1.54, 1.807) is 12.3 Å². The fourth-order valence-electron chi connectivity index (χ4n) is 1.52. The Morgan fingerprint density at radius 1 is 1.61 bits per heavy atom. The molecule has 0 spiro atoms. The van der Waals surface area contributed by atoms with Crippen LogP contribution in [-0.2, 0) is 16.4 Å². The lowest BCUT2D eigenvalue weighted by molar-refractivity contribution is 0.600. The number of hydrogen-bond donors (Lipinski definition) is 2. The van der Waals surface area contributed by atoms with Gasteiger partial charge in [-0.15, -0.1) is 0 Å². The van der Waals surface area contributed by atoms with Crippen LogP contribution in [0.3, 0.4) is 0 Å². The van der Waals surface area contributed by atoms with Crippen molar-refractivity contribution in [3.8, 4) is 0 Å². The third-order valence-electron chi connectivity index (χ3n) is 2.58. The highest BCUT2D eigenvalue weighted by atomic mass is 32.2. The summed E-state index contributed by atoms with van der Waals surface area (Å²) in [7, 11) is -3.29. The monoisotopic (exact) mass is 268 g/mol. The van der Waals surface area contributed by atoms with Crippen LogP contribution in [0.5, 0.6) is 0 Å². The molecule has 2 rings (SSSR count). The Kier molecular flexibility index (Phi) is 3.51. The molecule has 0 amide bonds. The lowest BCUT2D eigenvalue weighted by Gasteiger charge is -2.06. The Hall–Kier alpha value is -1.63. The number of sulfone groups is 1. The zero-order valence-corrected chi connectivity index (χ0v) is 10.9. The van der Waals surface area contributed by atoms with Crippen LogP contribution in [-0.4, -0.2) is 31.7 Å². The van der Waals surface area contributed by atoms with Gasteiger partial charge in [0.15, 0.2) is 15.8 Å². The van der Waals surface area contributed by atoms with E-state index in [2.05, 4.69) is 15.3 Å². The Morgan fingerprint density at radius 3 is 2.94 bits per heavy atom. The van der Waals surface area contributed by atoms with E-state index < -0.39 is 9.84 Å². The first-order valence-corrected chi connectivity index (χ1v) is 7.56. The molecule has 1 fully saturated rings. The molecule has 0 atom stereocenters. The van der Waals surface area contributed by atoms with Crippen molar-refractivity contribution >= 4 is 15.8 Å². The smallest absolute Gasteiger partial charge is 0.189 e. The summed E-state index contributed by atoms with van der Waals surface area (Å²) in [6.07, 6.45) is 4.91. The van der Waals surface area contributed by atoms with Crippen LogP contribution in [0.25, 0.3) is 0 Å². The second kappa shape index (κ2) is 4.93. The number of nitrogens with two attached hydrogens (primary N) is 1. The molecule has 1 heterocycles. The Labute approximate surface area is 106 Å². The predicted molar refractivity (Wildman–Crippen MR) is 68.8 cm³/mol. The second-order valence-electron chi connectivity index (χ2n) is 4.34. The number of aliphatic imine (C=N–C) groups is 1. The van der Waals surface area contributed by atoms with Crippen LogP contribution in [0.4, 0.5) is 0 Å². The van der Waals surface area contributed by atoms with Gasteiger partial charge in [0.05, 0.1) is 17.1 Å². The van der Waals surface area contributed by atoms with Gasteiger partial charge in [-0.05, 0) is 25.0 Å². The third kappa shape index (κ3) is 3.43. The molecule has 0 radical (unpaired) electrons. The summed E-state index contributed by atoms with van der Waals surface area (Å²) in [6.45, 7) is 0.162. The first-order valence-electron chi connectivity index (χ1n) is 5.67. The van der Waals surface area contributed by atoms with Crippen LogP contribution in [0, 0.1) is 0 Å². The first kappa shape index (κ1) is 12.8. The van der Waals surface area contributed by atoms with Gasteiger partial charge in [-0.2, -0.15) is 0 Å². The lowest BCUT2D eigenvalue weighted by Crippen LogP contribution is -2.33. The minimum Gasteiger partial charge on any atom is -0.370 e. The van der Waals surface area contributed by atoms with Gasteiger partial charge in [0, 0.05) is 18.5 Å². The van der Waals surface area contributed by atoms with E-state index in [1.165, 1.54) is 6.07 Å². The quantitative estimate of drug-likeness (QED) is 0.594. The number of guanidine groups is 1. The lowest BCUT2D eigenvalue weighted by atomic mass is 10.3. The van der Waals surface area contributed by atoms with Gasteiger partial charge in [0.2, 0.25) is 0 Å². The number of aromatic nitrogens is 1. The van der Waals surface area contributed by atoms with Crippen LogP contribution in [0.2, 0.25) is 0 Å². The summed E-state index contributed by atoms with van der Waals surface area (Å²) >= 11 is 0. The second-order valence-corrected chi connectivity index (χ2v) is 6.32. The topological polar surface area (TPSA) is 97.4 Å². The van der Waals surface area contributed by atoms with Crippen molar-refractivity contribution in [2.45, 2.75) is 30.3 Å². The average molecular weight is 268 g/mol. The molecule has 1 aromatic rings. The molecule has 1 aliphatic carbocycles. The maximum Gasteiger partial charge on any atom is 0.189 e. The minimum absolute atomic E-state index is 0.162. The van der Waals surface area contributed by atoms with E-state index in [-0.39, 0.29) is 11.4 Å². The molecule has 1 saturated carbocycles. The summed E-state index contributed by atoms with van der Waals surface area (Å²) in [6, 6.07) is 3.54. The summed E-state index contributed by atoms with van der Waals surface area (Å²) in [5, 5.41) is 3.03. The normalized spacial score (nSPS) is 16.6. The molecule has 6 nitrogen and oxygen atoms in total. The van der Waals surface area contributed by atoms with Crippen LogP contribution >= 0.6 is 0 Å². The van der Waals surface area contributed by atoms with Crippen molar-refractivity contribution in [3.63, 3.8) is 0 Å². The van der Waals surface area contributed by atoms with Crippen LogP contribution in [0.15, 0.2) is 28.2 Å². The highest BCUT2D eigenvalue weighted by Crippen LogP contribution is 2.18. The first-order chi connectivity index (χ1) is 8.47. The summed E-state index contributed by atoms with van der Waals surface area (Å²) < 4.78 is 23.1. The van der Waals surface area contributed by atoms with Gasteiger partial charge in [-0.25, -0.2) is 13.4 Å². The van der Waals surface area contributed by atoms with Gasteiger partial charge in [0.25, 0.3) is 0 Å². The van der Waals surface area contributed by atoms with E-state index >= 15 is 0 Å². The van der Waals surface area contributed by atoms with Crippen molar-refractivity contribution in [1.29, 1.82) is 0 Å². The van der Waals surface area contributed by atoms with E-state index in [9.17, 15) is 8.42 Å². The number of nitrogens with zero attached hydrogens (tertiary/aromatic N) is 2. The predicted octanol–water partition coefficient (Wildman–Crippen LogP) is 0.0518. The molecule has 0 unspecified atom stereocenters. The van der Waals surface area contributed by atoms with E-state index in [0.717, 1.165) is 19.1 Å². The van der Waals surface area contributed by atoms with Gasteiger partial charge >= 0.3 is 0 Å². The van der Waals surface area contributed by atoms with Gasteiger partial charge in [0.1, 0.15) is 0 Å². The molecule has 0 saturated heterocycles. The van der Waals surface area contributed by atoms with E-state index in [1.807, 2.05) is 0 Å². The average Bonchev–Trinajstić information content (AvgIpc) is 3.09. The summed E-state index contributed by atoms with van der Waals surface area (Å²) in [5.41, 5.74) is 6.10. The number of nitrogens with one attached hydrogen (secondary N) is 1. The summed E-state index contributed by atoms with van der Waals surface area (Å²) in [4.78, 5) is 8.35. The zero-order chi connectivity index (χ0) is 13.2. The molecule has 1 aromatic heterocycles. The fourth-order valence-corrected chi connectivity index (χ4v) is 2.39. The Bertz CT molecular complexity index is 564. The minimum atomic E-state index is -3.29. The third-order valence-corrected chi connectivity index (χ3v) is 3.75. The molecular formula is C11H16N4O2S. The SMILES string of the molecule is CS(=O)(=O)c1cccnc1CN=C(N)NC1CC1. The van der Waals surface area contributed by atoms with Crippen molar-refractivity contribution < 1.29 is 8.42 Å². The molecule has 98 valence electrons. The fraction of sp³-hybridized carbons (Fsp3) is 0.455. The number of hydrogen-bond acceptors (Lipinski definition) is 4. The van der Waals surface area contributed by atoms with E-state index in [0.29, 0.717) is 17.7 Å². The molecule has 7 heteroatoms. The zero-order valence-electron chi connectivity index (χ0n) is 10.1. The summed E-state index contributed by atoms with van der Waals surface area (Å²) in [5.74, 6) is 0.336. The Morgan fingerprint density at radius 2 is 2.33 bits per heavy atom. The number of rotatable bonds is 4. The maximum atomic E-state index is 11.6. The molecule has 3 N–H and O–H groups in total. The molecule has 1 aliphatic rings. The molecule has 18 heavy (non-hydrogen) atoms. The highest BCUT2D eigenvalue weighted by Gasteiger charge is 2.21. The highest BCUT2D eigenvalue weighted by molar-refractivity contribution is 7.90. The van der Waals surface area contributed by atoms with Crippen molar-refractivity contribution in [1.82, 2.24) is 10.3 Å². The molecule has 0 aliphatic heterocycles. The Balaban J connectivity index is 2.13. The van der Waals surface area contributed by atoms with Crippen molar-refractivity contribution in [3.05, 3.63) is 24.0 Å². The molecule has 0 bridgehead atoms. The van der Waals surface area contributed by atoms with Gasteiger partial charge < -0.3 is 11.1 Å². The van der Waals surface area contributed by atoms with Gasteiger partial charge in [-0.3, -0.25) is 4.98 Å². The van der Waals surface area contributed by atoms with E-state index in [4.69, 9.17) is 5.73 Å². The standard InChI is InChI=1S/C11H16N4O2S/c1-18(16,17)10-3-2-6-13-9(10)7-14-11(12)15-8-4-5-8/h2-3,6,8H,4-5,7H2,1H3,(H3,12,14,15). The van der Waals surface area contributed by atoms with Gasteiger partial charge in [-0.1, -0.05) is 0 Å². The largest absolute Gasteiger partial charge is 0.370 e. The molecule has 0 aromatic carbocycles. The molecular weight excluding hydrogens is 252 g/mol.